The van der Waals surface area contributed by atoms with Gasteiger partial charge in [0, 0.05) is 23.6 Å². The molecule has 8 nitrogen and oxygen atoms in total. The molecule has 150 valence electrons. The number of furan rings is 1. The summed E-state index contributed by atoms with van der Waals surface area (Å²) in [6.07, 6.45) is 1.34. The smallest absolute Gasteiger partial charge is 0.335 e. The Kier molecular flexibility index (Phi) is 5.57. The van der Waals surface area contributed by atoms with E-state index in [1.54, 1.807) is 30.3 Å². The van der Waals surface area contributed by atoms with Gasteiger partial charge in [-0.3, -0.25) is 14.9 Å². The van der Waals surface area contributed by atoms with E-state index in [4.69, 9.17) is 9.15 Å². The second-order valence-corrected chi connectivity index (χ2v) is 8.11. The predicted molar refractivity (Wildman–Crippen MR) is 113 cm³/mol. The third kappa shape index (κ3) is 4.00. The van der Waals surface area contributed by atoms with Crippen molar-refractivity contribution in [3.8, 4) is 0 Å². The van der Waals surface area contributed by atoms with E-state index in [0.29, 0.717) is 52.6 Å². The van der Waals surface area contributed by atoms with Gasteiger partial charge in [0.25, 0.3) is 11.8 Å². The van der Waals surface area contributed by atoms with Gasteiger partial charge in [-0.25, -0.2) is 9.69 Å². The van der Waals surface area contributed by atoms with Crippen molar-refractivity contribution in [1.82, 2.24) is 5.32 Å². The number of carbonyl (C=O) groups excluding carboxylic acids is 3. The molecule has 0 unspecified atom stereocenters. The van der Waals surface area contributed by atoms with Crippen LogP contribution >= 0.6 is 31.9 Å². The van der Waals surface area contributed by atoms with Gasteiger partial charge >= 0.3 is 6.03 Å². The Hall–Kier alpha value is -2.43. The predicted octanol–water partition coefficient (Wildman–Crippen LogP) is 3.31. The van der Waals surface area contributed by atoms with Crippen LogP contribution in [-0.2, 0) is 14.3 Å². The average Bonchev–Trinajstić information content (AvgIpc) is 3.06. The van der Waals surface area contributed by atoms with E-state index in [1.165, 1.54) is 6.08 Å². The molecule has 1 N–H and O–H groups in total. The molecular formula is C19H15Br2N3O5. The summed E-state index contributed by atoms with van der Waals surface area (Å²) in [5.41, 5.74) is 0.147. The summed E-state index contributed by atoms with van der Waals surface area (Å²) in [7, 11) is 0. The number of rotatable bonds is 3. The first-order chi connectivity index (χ1) is 13.9. The number of carbonyl (C=O) groups is 3. The van der Waals surface area contributed by atoms with Gasteiger partial charge < -0.3 is 14.1 Å². The lowest BCUT2D eigenvalue weighted by atomic mass is 10.1. The van der Waals surface area contributed by atoms with Crippen LogP contribution in [0.15, 0.2) is 49.3 Å². The Balaban J connectivity index is 1.66. The van der Waals surface area contributed by atoms with Crippen molar-refractivity contribution < 1.29 is 23.5 Å². The highest BCUT2D eigenvalue weighted by Gasteiger charge is 2.37. The highest BCUT2D eigenvalue weighted by molar-refractivity contribution is 9.10. The van der Waals surface area contributed by atoms with Gasteiger partial charge in [-0.05, 0) is 40.2 Å². The molecule has 2 aliphatic heterocycles. The zero-order chi connectivity index (χ0) is 20.5. The summed E-state index contributed by atoms with van der Waals surface area (Å²) in [5.74, 6) is -0.576. The SMILES string of the molecule is O=C1NC(=O)N(c2cccc(Br)c2)C(=O)C1=Cc1cc(Br)c(N2CCOCC2)o1. The quantitative estimate of drug-likeness (QED) is 0.489. The van der Waals surface area contributed by atoms with Gasteiger partial charge in [0.15, 0.2) is 0 Å². The van der Waals surface area contributed by atoms with Gasteiger partial charge in [0.1, 0.15) is 11.3 Å². The molecule has 2 saturated heterocycles. The number of benzene rings is 1. The molecule has 0 atom stereocenters. The molecule has 0 aliphatic carbocycles. The fourth-order valence-corrected chi connectivity index (χ4v) is 4.02. The van der Waals surface area contributed by atoms with Crippen molar-refractivity contribution in [3.63, 3.8) is 0 Å². The monoisotopic (exact) mass is 523 g/mol. The Labute approximate surface area is 182 Å². The van der Waals surface area contributed by atoms with Gasteiger partial charge in [-0.15, -0.1) is 0 Å². The van der Waals surface area contributed by atoms with Crippen molar-refractivity contribution in [2.45, 2.75) is 0 Å². The summed E-state index contributed by atoms with van der Waals surface area (Å²) in [6, 6.07) is 7.56. The number of morpholine rings is 1. The van der Waals surface area contributed by atoms with E-state index in [1.807, 2.05) is 4.90 Å². The third-order valence-corrected chi connectivity index (χ3v) is 5.50. The lowest BCUT2D eigenvalue weighted by molar-refractivity contribution is -0.122. The number of imide groups is 2. The highest BCUT2D eigenvalue weighted by Crippen LogP contribution is 2.32. The maximum Gasteiger partial charge on any atom is 0.335 e. The van der Waals surface area contributed by atoms with E-state index in [-0.39, 0.29) is 5.57 Å². The van der Waals surface area contributed by atoms with Crippen LogP contribution in [0.2, 0.25) is 0 Å². The number of barbiturate groups is 1. The molecule has 2 aromatic rings. The molecule has 0 saturated carbocycles. The summed E-state index contributed by atoms with van der Waals surface area (Å²) in [4.78, 5) is 40.5. The molecular weight excluding hydrogens is 510 g/mol. The zero-order valence-corrected chi connectivity index (χ0v) is 18.2. The molecule has 29 heavy (non-hydrogen) atoms. The number of nitrogens with one attached hydrogen (secondary N) is 1. The van der Waals surface area contributed by atoms with Crippen molar-refractivity contribution in [3.05, 3.63) is 50.6 Å². The topological polar surface area (TPSA) is 92.1 Å². The van der Waals surface area contributed by atoms with E-state index in [2.05, 4.69) is 37.2 Å². The number of hydrogen-bond donors (Lipinski definition) is 1. The average molecular weight is 525 g/mol. The van der Waals surface area contributed by atoms with Gasteiger partial charge in [-0.2, -0.15) is 0 Å². The van der Waals surface area contributed by atoms with E-state index in [0.717, 1.165) is 4.90 Å². The minimum Gasteiger partial charge on any atom is -0.440 e. The molecule has 10 heteroatoms. The Morgan fingerprint density at radius 1 is 1.07 bits per heavy atom. The molecule has 1 aromatic carbocycles. The number of halogens is 2. The van der Waals surface area contributed by atoms with Crippen LogP contribution in [0.5, 0.6) is 0 Å². The second-order valence-electron chi connectivity index (χ2n) is 6.34. The number of anilines is 2. The number of amides is 4. The first kappa shape index (κ1) is 19.9. The summed E-state index contributed by atoms with van der Waals surface area (Å²) >= 11 is 6.77. The van der Waals surface area contributed by atoms with Crippen LogP contribution in [0.3, 0.4) is 0 Å². The fourth-order valence-electron chi connectivity index (χ4n) is 3.08. The molecule has 4 amide bonds. The summed E-state index contributed by atoms with van der Waals surface area (Å²) in [5, 5.41) is 2.20. The number of ether oxygens (including phenoxy) is 1. The molecule has 2 fully saturated rings. The van der Waals surface area contributed by atoms with Gasteiger partial charge in [0.2, 0.25) is 5.88 Å². The Morgan fingerprint density at radius 2 is 1.83 bits per heavy atom. The van der Waals surface area contributed by atoms with E-state index in [9.17, 15) is 14.4 Å². The molecule has 4 rings (SSSR count). The molecule has 0 radical (unpaired) electrons. The summed E-state index contributed by atoms with van der Waals surface area (Å²) in [6.45, 7) is 2.53. The second kappa shape index (κ2) is 8.13. The lowest BCUT2D eigenvalue weighted by Gasteiger charge is -2.27. The van der Waals surface area contributed by atoms with Crippen LogP contribution < -0.4 is 15.1 Å². The lowest BCUT2D eigenvalue weighted by Crippen LogP contribution is -2.54. The summed E-state index contributed by atoms with van der Waals surface area (Å²) < 4.78 is 12.6. The van der Waals surface area contributed by atoms with Crippen molar-refractivity contribution >= 4 is 67.4 Å². The van der Waals surface area contributed by atoms with Crippen LogP contribution in [0, 0.1) is 0 Å². The van der Waals surface area contributed by atoms with Crippen molar-refractivity contribution in [2.75, 3.05) is 36.1 Å². The number of hydrogen-bond acceptors (Lipinski definition) is 6. The highest BCUT2D eigenvalue weighted by atomic mass is 79.9. The molecule has 2 aliphatic rings. The maximum absolute atomic E-state index is 12.9. The first-order valence-corrected chi connectivity index (χ1v) is 10.3. The van der Waals surface area contributed by atoms with Crippen LogP contribution in [0.1, 0.15) is 5.76 Å². The van der Waals surface area contributed by atoms with Crippen LogP contribution in [-0.4, -0.2) is 44.1 Å². The zero-order valence-electron chi connectivity index (χ0n) is 15.0. The molecule has 3 heterocycles. The van der Waals surface area contributed by atoms with E-state index < -0.39 is 17.8 Å². The first-order valence-electron chi connectivity index (χ1n) is 8.73. The Morgan fingerprint density at radius 3 is 2.55 bits per heavy atom. The minimum absolute atomic E-state index is 0.195. The Bertz CT molecular complexity index is 1030. The van der Waals surface area contributed by atoms with Crippen molar-refractivity contribution in [2.24, 2.45) is 0 Å². The number of urea groups is 1. The van der Waals surface area contributed by atoms with Crippen LogP contribution in [0.4, 0.5) is 16.4 Å². The minimum atomic E-state index is -0.801. The number of nitrogens with zero attached hydrogens (tertiary/aromatic N) is 2. The van der Waals surface area contributed by atoms with Crippen LogP contribution in [0.25, 0.3) is 6.08 Å². The maximum atomic E-state index is 12.9. The van der Waals surface area contributed by atoms with E-state index >= 15 is 0 Å². The normalized spacial score (nSPS) is 19.1. The molecule has 1 aromatic heterocycles. The molecule has 0 spiro atoms. The molecule has 0 bridgehead atoms. The standard InChI is InChI=1S/C19H15Br2N3O5/c20-11-2-1-3-12(8-11)24-17(26)14(16(25)22-19(24)27)9-13-10-15(21)18(29-13)23-4-6-28-7-5-23/h1-3,8-10H,4-7H2,(H,22,25,27). The fraction of sp³-hybridized carbons (Fsp3) is 0.211. The largest absolute Gasteiger partial charge is 0.440 e. The third-order valence-electron chi connectivity index (χ3n) is 4.44. The van der Waals surface area contributed by atoms with Gasteiger partial charge in [0.05, 0.1) is 23.4 Å². The van der Waals surface area contributed by atoms with Crippen molar-refractivity contribution in [1.29, 1.82) is 0 Å². The van der Waals surface area contributed by atoms with Gasteiger partial charge in [-0.1, -0.05) is 22.0 Å².